The minimum atomic E-state index is -0.283. The molecule has 2 aromatic rings. The van der Waals surface area contributed by atoms with Crippen molar-refractivity contribution in [2.24, 2.45) is 0 Å². The van der Waals surface area contributed by atoms with Crippen molar-refractivity contribution in [3.8, 4) is 11.5 Å². The van der Waals surface area contributed by atoms with Crippen molar-refractivity contribution in [3.05, 3.63) is 59.2 Å². The van der Waals surface area contributed by atoms with Crippen LogP contribution in [0.4, 0.5) is 0 Å². The summed E-state index contributed by atoms with van der Waals surface area (Å²) in [4.78, 5) is 41.3. The summed E-state index contributed by atoms with van der Waals surface area (Å²) in [5.74, 6) is 0.487. The first kappa shape index (κ1) is 25.1. The Balaban J connectivity index is 1.51. The maximum atomic E-state index is 12.9. The molecule has 0 bridgehead atoms. The van der Waals surface area contributed by atoms with Crippen molar-refractivity contribution in [3.63, 3.8) is 0 Å². The molecule has 3 amide bonds. The van der Waals surface area contributed by atoms with Gasteiger partial charge in [-0.25, -0.2) is 0 Å². The van der Waals surface area contributed by atoms with Gasteiger partial charge < -0.3 is 24.6 Å². The van der Waals surface area contributed by atoms with E-state index in [2.05, 4.69) is 26.1 Å². The van der Waals surface area contributed by atoms with Crippen molar-refractivity contribution >= 4 is 17.7 Å². The molecule has 1 aliphatic heterocycles. The second-order valence-electron chi connectivity index (χ2n) is 9.28. The van der Waals surface area contributed by atoms with Gasteiger partial charge in [-0.05, 0) is 35.2 Å². The molecule has 0 unspecified atom stereocenters. The Bertz CT molecular complexity index is 1010. The summed E-state index contributed by atoms with van der Waals surface area (Å²) in [7, 11) is 3.07. The molecule has 1 heterocycles. The Kier molecular flexibility index (Phi) is 7.81. The number of ether oxygens (including phenoxy) is 2. The van der Waals surface area contributed by atoms with Crippen LogP contribution in [0.3, 0.4) is 0 Å². The summed E-state index contributed by atoms with van der Waals surface area (Å²) < 4.78 is 10.5. The molecule has 0 aromatic heterocycles. The largest absolute Gasteiger partial charge is 0.497 e. The van der Waals surface area contributed by atoms with E-state index in [1.165, 1.54) is 14.2 Å². The van der Waals surface area contributed by atoms with Gasteiger partial charge in [0.2, 0.25) is 5.91 Å². The normalized spacial score (nSPS) is 13.9. The van der Waals surface area contributed by atoms with E-state index < -0.39 is 0 Å². The smallest absolute Gasteiger partial charge is 0.254 e. The number of nitrogens with zero attached hydrogens (tertiary/aromatic N) is 2. The molecule has 1 saturated heterocycles. The van der Waals surface area contributed by atoms with Gasteiger partial charge in [-0.3, -0.25) is 14.4 Å². The lowest BCUT2D eigenvalue weighted by Crippen LogP contribution is -2.52. The van der Waals surface area contributed by atoms with Gasteiger partial charge in [0.15, 0.2) is 0 Å². The summed E-state index contributed by atoms with van der Waals surface area (Å²) in [6.07, 6.45) is 0. The van der Waals surface area contributed by atoms with Gasteiger partial charge in [0.05, 0.1) is 20.8 Å². The summed E-state index contributed by atoms with van der Waals surface area (Å²) in [6.45, 7) is 7.88. The van der Waals surface area contributed by atoms with Crippen molar-refractivity contribution in [2.75, 3.05) is 46.9 Å². The molecule has 1 fully saturated rings. The highest BCUT2D eigenvalue weighted by molar-refractivity contribution is 5.97. The van der Waals surface area contributed by atoms with Crippen LogP contribution >= 0.6 is 0 Å². The minimum Gasteiger partial charge on any atom is -0.497 e. The molecule has 182 valence electrons. The summed E-state index contributed by atoms with van der Waals surface area (Å²) >= 11 is 0. The number of methoxy groups -OCH3 is 2. The summed E-state index contributed by atoms with van der Waals surface area (Å²) in [6, 6.07) is 12.5. The molecule has 1 aliphatic rings. The number of carbonyl (C=O) groups excluding carboxylic acids is 3. The van der Waals surface area contributed by atoms with Crippen molar-refractivity contribution < 1.29 is 23.9 Å². The highest BCUT2D eigenvalue weighted by atomic mass is 16.5. The molecule has 0 radical (unpaired) electrons. The average molecular weight is 468 g/mol. The molecule has 2 aromatic carbocycles. The molecular weight excluding hydrogens is 434 g/mol. The van der Waals surface area contributed by atoms with Gasteiger partial charge in [0, 0.05) is 43.4 Å². The van der Waals surface area contributed by atoms with E-state index in [9.17, 15) is 14.4 Å². The third-order valence-electron chi connectivity index (χ3n) is 5.93. The topological polar surface area (TPSA) is 88.2 Å². The standard InChI is InChI=1S/C26H33N3O5/c1-26(2,3)20-8-6-18(7-9-20)24(31)27-17-23(30)28-10-12-29(13-11-28)25(32)19-14-21(33-4)16-22(15-19)34-5/h6-9,14-16H,10-13,17H2,1-5H3,(H,27,31). The quantitative estimate of drug-likeness (QED) is 0.706. The van der Waals surface area contributed by atoms with Crippen LogP contribution in [0.15, 0.2) is 42.5 Å². The number of amides is 3. The summed E-state index contributed by atoms with van der Waals surface area (Å²) in [5, 5.41) is 2.70. The van der Waals surface area contributed by atoms with Crippen LogP contribution < -0.4 is 14.8 Å². The van der Waals surface area contributed by atoms with Gasteiger partial charge in [0.1, 0.15) is 11.5 Å². The molecule has 34 heavy (non-hydrogen) atoms. The Morgan fingerprint density at radius 2 is 1.35 bits per heavy atom. The third-order valence-corrected chi connectivity index (χ3v) is 5.93. The SMILES string of the molecule is COc1cc(OC)cc(C(=O)N2CCN(C(=O)CNC(=O)c3ccc(C(C)(C)C)cc3)CC2)c1. The molecule has 8 nitrogen and oxygen atoms in total. The lowest BCUT2D eigenvalue weighted by Gasteiger charge is -2.35. The van der Waals surface area contributed by atoms with Gasteiger partial charge in [0.25, 0.3) is 11.8 Å². The molecule has 0 spiro atoms. The van der Waals surface area contributed by atoms with E-state index in [4.69, 9.17) is 9.47 Å². The van der Waals surface area contributed by atoms with Gasteiger partial charge >= 0.3 is 0 Å². The maximum absolute atomic E-state index is 12.9. The third kappa shape index (κ3) is 6.07. The first-order chi connectivity index (χ1) is 16.1. The molecule has 0 atom stereocenters. The van der Waals surface area contributed by atoms with Crippen molar-refractivity contribution in [1.29, 1.82) is 0 Å². The highest BCUT2D eigenvalue weighted by Crippen LogP contribution is 2.24. The van der Waals surface area contributed by atoms with E-state index in [0.29, 0.717) is 48.8 Å². The van der Waals surface area contributed by atoms with Crippen LogP contribution in [0.1, 0.15) is 47.1 Å². The fraction of sp³-hybridized carbons (Fsp3) is 0.423. The fourth-order valence-electron chi connectivity index (χ4n) is 3.76. The summed E-state index contributed by atoms with van der Waals surface area (Å²) in [5.41, 5.74) is 2.14. The minimum absolute atomic E-state index is 0.00709. The maximum Gasteiger partial charge on any atom is 0.254 e. The number of carbonyl (C=O) groups is 3. The van der Waals surface area contributed by atoms with Crippen LogP contribution in [0.5, 0.6) is 11.5 Å². The lowest BCUT2D eigenvalue weighted by atomic mass is 9.87. The van der Waals surface area contributed by atoms with Crippen molar-refractivity contribution in [2.45, 2.75) is 26.2 Å². The molecule has 1 N–H and O–H groups in total. The second-order valence-corrected chi connectivity index (χ2v) is 9.28. The molecule has 8 heteroatoms. The highest BCUT2D eigenvalue weighted by Gasteiger charge is 2.26. The monoisotopic (exact) mass is 467 g/mol. The predicted octanol–water partition coefficient (Wildman–Crippen LogP) is 2.72. The predicted molar refractivity (Wildman–Crippen MR) is 130 cm³/mol. The Morgan fingerprint density at radius 3 is 1.85 bits per heavy atom. The lowest BCUT2D eigenvalue weighted by molar-refractivity contribution is -0.131. The van der Waals surface area contributed by atoms with Crippen LogP contribution in [0.25, 0.3) is 0 Å². The van der Waals surface area contributed by atoms with Crippen molar-refractivity contribution in [1.82, 2.24) is 15.1 Å². The number of hydrogen-bond donors (Lipinski definition) is 1. The van der Waals surface area contributed by atoms with E-state index >= 15 is 0 Å². The van der Waals surface area contributed by atoms with E-state index in [1.54, 1.807) is 40.1 Å². The zero-order valence-corrected chi connectivity index (χ0v) is 20.5. The Hall–Kier alpha value is -3.55. The van der Waals surface area contributed by atoms with E-state index in [0.717, 1.165) is 5.56 Å². The Morgan fingerprint density at radius 1 is 0.824 bits per heavy atom. The number of hydrogen-bond acceptors (Lipinski definition) is 5. The van der Waals surface area contributed by atoms with Crippen LogP contribution in [0, 0.1) is 0 Å². The molecule has 0 saturated carbocycles. The van der Waals surface area contributed by atoms with Crippen LogP contribution in [-0.4, -0.2) is 74.5 Å². The first-order valence-electron chi connectivity index (χ1n) is 11.3. The average Bonchev–Trinajstić information content (AvgIpc) is 2.85. The van der Waals surface area contributed by atoms with Crippen LogP contribution in [-0.2, 0) is 10.2 Å². The van der Waals surface area contributed by atoms with Gasteiger partial charge in [-0.2, -0.15) is 0 Å². The first-order valence-corrected chi connectivity index (χ1v) is 11.3. The molecular formula is C26H33N3O5. The van der Waals surface area contributed by atoms with Gasteiger partial charge in [-0.1, -0.05) is 32.9 Å². The number of piperazine rings is 1. The zero-order valence-electron chi connectivity index (χ0n) is 20.5. The number of benzene rings is 2. The molecule has 3 rings (SSSR count). The van der Waals surface area contributed by atoms with E-state index in [-0.39, 0.29) is 29.7 Å². The number of rotatable bonds is 6. The zero-order chi connectivity index (χ0) is 24.9. The van der Waals surface area contributed by atoms with Gasteiger partial charge in [-0.15, -0.1) is 0 Å². The number of nitrogens with one attached hydrogen (secondary N) is 1. The van der Waals surface area contributed by atoms with Crippen LogP contribution in [0.2, 0.25) is 0 Å². The second kappa shape index (κ2) is 10.6. The fourth-order valence-corrected chi connectivity index (χ4v) is 3.76. The molecule has 0 aliphatic carbocycles. The van der Waals surface area contributed by atoms with E-state index in [1.807, 2.05) is 12.1 Å². The Labute approximate surface area is 200 Å².